The maximum absolute atomic E-state index is 13.6. The van der Waals surface area contributed by atoms with Crippen molar-refractivity contribution in [1.82, 2.24) is 14.8 Å². The van der Waals surface area contributed by atoms with E-state index in [0.29, 0.717) is 31.0 Å². The molecule has 0 N–H and O–H groups in total. The fourth-order valence-electron chi connectivity index (χ4n) is 4.34. The number of benzene rings is 3. The third-order valence-electron chi connectivity index (χ3n) is 6.11. The summed E-state index contributed by atoms with van der Waals surface area (Å²) in [7, 11) is 0. The highest BCUT2D eigenvalue weighted by Crippen LogP contribution is 2.30. The molecule has 1 aliphatic heterocycles. The second kappa shape index (κ2) is 10.1. The Bertz CT molecular complexity index is 1300. The number of carbonyl (C=O) groups is 1. The van der Waals surface area contributed by atoms with Gasteiger partial charge in [0.1, 0.15) is 10.8 Å². The van der Waals surface area contributed by atoms with Crippen LogP contribution in [0.2, 0.25) is 5.02 Å². The van der Waals surface area contributed by atoms with E-state index in [1.165, 1.54) is 0 Å². The van der Waals surface area contributed by atoms with Gasteiger partial charge in [-0.2, -0.15) is 0 Å². The third-order valence-corrected chi connectivity index (χ3v) is 7.20. The van der Waals surface area contributed by atoms with E-state index in [-0.39, 0.29) is 5.91 Å². The van der Waals surface area contributed by atoms with Crippen molar-refractivity contribution >= 4 is 39.6 Å². The molecule has 0 aliphatic carbocycles. The molecule has 7 heteroatoms. The number of nitrogens with zero attached hydrogens (tertiary/aromatic N) is 3. The largest absolute Gasteiger partial charge is 0.493 e. The van der Waals surface area contributed by atoms with Gasteiger partial charge in [0.2, 0.25) is 0 Å². The summed E-state index contributed by atoms with van der Waals surface area (Å²) in [5, 5.41) is 5.89. The molecule has 1 fully saturated rings. The van der Waals surface area contributed by atoms with Crippen molar-refractivity contribution in [3.63, 3.8) is 0 Å². The smallest absolute Gasteiger partial charge is 0.258 e. The zero-order valence-corrected chi connectivity index (χ0v) is 20.6. The lowest BCUT2D eigenvalue weighted by Gasteiger charge is -2.34. The van der Waals surface area contributed by atoms with Crippen molar-refractivity contribution in [3.8, 4) is 17.0 Å². The van der Waals surface area contributed by atoms with Gasteiger partial charge in [-0.3, -0.25) is 9.69 Å². The Kier molecular flexibility index (Phi) is 6.81. The van der Waals surface area contributed by atoms with E-state index in [9.17, 15) is 4.79 Å². The van der Waals surface area contributed by atoms with E-state index in [2.05, 4.69) is 10.3 Å². The van der Waals surface area contributed by atoms with Crippen LogP contribution in [0, 0.1) is 0 Å². The number of fused-ring (bicyclic) bond motifs is 1. The maximum atomic E-state index is 13.6. The van der Waals surface area contributed by atoms with Crippen LogP contribution in [0.4, 0.5) is 0 Å². The second-order valence-electron chi connectivity index (χ2n) is 8.29. The molecule has 5 rings (SSSR count). The topological polar surface area (TPSA) is 45.7 Å². The average molecular weight is 492 g/mol. The summed E-state index contributed by atoms with van der Waals surface area (Å²) in [6.07, 6.45) is 0. The summed E-state index contributed by atoms with van der Waals surface area (Å²) >= 11 is 7.67. The molecule has 0 spiro atoms. The Balaban J connectivity index is 1.26. The summed E-state index contributed by atoms with van der Waals surface area (Å²) in [6.45, 7) is 6.26. The minimum absolute atomic E-state index is 0.0409. The molecule has 34 heavy (non-hydrogen) atoms. The highest BCUT2D eigenvalue weighted by atomic mass is 35.5. The van der Waals surface area contributed by atoms with Gasteiger partial charge >= 0.3 is 0 Å². The summed E-state index contributed by atoms with van der Waals surface area (Å²) in [4.78, 5) is 22.7. The van der Waals surface area contributed by atoms with Gasteiger partial charge in [0, 0.05) is 42.1 Å². The van der Waals surface area contributed by atoms with Crippen molar-refractivity contribution in [2.24, 2.45) is 0 Å². The number of piperazine rings is 1. The maximum Gasteiger partial charge on any atom is 0.258 e. The van der Waals surface area contributed by atoms with Crippen molar-refractivity contribution in [3.05, 3.63) is 81.6 Å². The first-order valence-corrected chi connectivity index (χ1v) is 12.7. The lowest BCUT2D eigenvalue weighted by atomic mass is 10.0. The fourth-order valence-corrected chi connectivity index (χ4v) is 5.31. The SMILES string of the molecule is CCOc1ccc2ccccc2c1C(=O)N1CCN(Cc2nc(-c3ccc(Cl)cc3)cs2)CC1. The predicted octanol–water partition coefficient (Wildman–Crippen LogP) is 5.97. The van der Waals surface area contributed by atoms with Gasteiger partial charge in [-0.15, -0.1) is 11.3 Å². The molecule has 1 amide bonds. The second-order valence-corrected chi connectivity index (χ2v) is 9.67. The van der Waals surface area contributed by atoms with Crippen LogP contribution in [0.5, 0.6) is 5.75 Å². The van der Waals surface area contributed by atoms with Crippen LogP contribution in [0.3, 0.4) is 0 Å². The normalized spacial score (nSPS) is 14.5. The Labute approximate surface area is 208 Å². The number of hydrogen-bond acceptors (Lipinski definition) is 5. The van der Waals surface area contributed by atoms with Crippen LogP contribution in [-0.4, -0.2) is 53.5 Å². The molecule has 5 nitrogen and oxygen atoms in total. The molecule has 0 unspecified atom stereocenters. The summed E-state index contributed by atoms with van der Waals surface area (Å²) in [5.74, 6) is 0.699. The Morgan fingerprint density at radius 3 is 2.56 bits per heavy atom. The predicted molar refractivity (Wildman–Crippen MR) is 139 cm³/mol. The quantitative estimate of drug-likeness (QED) is 0.333. The van der Waals surface area contributed by atoms with Crippen LogP contribution in [0.1, 0.15) is 22.3 Å². The number of carbonyl (C=O) groups excluding carboxylic acids is 1. The van der Waals surface area contributed by atoms with Crippen molar-refractivity contribution < 1.29 is 9.53 Å². The zero-order valence-electron chi connectivity index (χ0n) is 19.0. The van der Waals surface area contributed by atoms with E-state index < -0.39 is 0 Å². The molecule has 1 saturated heterocycles. The standard InChI is InChI=1S/C27H26ClN3O2S/c1-2-33-24-12-9-19-5-3-4-6-22(19)26(24)27(32)31-15-13-30(14-16-31)17-25-29-23(18-34-25)20-7-10-21(28)11-8-20/h3-12,18H,2,13-17H2,1H3. The highest BCUT2D eigenvalue weighted by molar-refractivity contribution is 7.09. The van der Waals surface area contributed by atoms with Gasteiger partial charge in [0.25, 0.3) is 5.91 Å². The molecular formula is C27H26ClN3O2S. The summed E-state index contributed by atoms with van der Waals surface area (Å²) < 4.78 is 5.83. The zero-order chi connectivity index (χ0) is 23.5. The number of rotatable bonds is 6. The molecular weight excluding hydrogens is 466 g/mol. The molecule has 174 valence electrons. The van der Waals surface area contributed by atoms with Crippen molar-refractivity contribution in [2.75, 3.05) is 32.8 Å². The van der Waals surface area contributed by atoms with E-state index >= 15 is 0 Å². The minimum atomic E-state index is 0.0409. The van der Waals surface area contributed by atoms with Crippen LogP contribution in [0.25, 0.3) is 22.0 Å². The molecule has 3 aromatic carbocycles. The minimum Gasteiger partial charge on any atom is -0.493 e. The molecule has 2 heterocycles. The van der Waals surface area contributed by atoms with Gasteiger partial charge in [-0.25, -0.2) is 4.98 Å². The number of aromatic nitrogens is 1. The molecule has 0 saturated carbocycles. The summed E-state index contributed by atoms with van der Waals surface area (Å²) in [5.41, 5.74) is 2.72. The lowest BCUT2D eigenvalue weighted by Crippen LogP contribution is -2.48. The van der Waals surface area contributed by atoms with E-state index in [1.807, 2.05) is 72.5 Å². The number of amides is 1. The Morgan fingerprint density at radius 2 is 1.79 bits per heavy atom. The molecule has 4 aromatic rings. The van der Waals surface area contributed by atoms with Gasteiger partial charge in [-0.05, 0) is 35.9 Å². The van der Waals surface area contributed by atoms with Crippen LogP contribution in [0.15, 0.2) is 66.0 Å². The lowest BCUT2D eigenvalue weighted by molar-refractivity contribution is 0.0626. The number of ether oxygens (including phenoxy) is 1. The van der Waals surface area contributed by atoms with Gasteiger partial charge < -0.3 is 9.64 Å². The Morgan fingerprint density at radius 1 is 1.03 bits per heavy atom. The summed E-state index contributed by atoms with van der Waals surface area (Å²) in [6, 6.07) is 19.7. The molecule has 1 aliphatic rings. The fraction of sp³-hybridized carbons (Fsp3) is 0.259. The van der Waals surface area contributed by atoms with E-state index in [1.54, 1.807) is 11.3 Å². The average Bonchev–Trinajstić information content (AvgIpc) is 3.33. The van der Waals surface area contributed by atoms with Crippen molar-refractivity contribution in [2.45, 2.75) is 13.5 Å². The van der Waals surface area contributed by atoms with E-state index in [4.69, 9.17) is 21.3 Å². The monoisotopic (exact) mass is 491 g/mol. The van der Waals surface area contributed by atoms with E-state index in [0.717, 1.165) is 51.7 Å². The number of hydrogen-bond donors (Lipinski definition) is 0. The van der Waals surface area contributed by atoms with Crippen LogP contribution in [-0.2, 0) is 6.54 Å². The molecule has 0 radical (unpaired) electrons. The number of thiazole rings is 1. The molecule has 1 aromatic heterocycles. The highest BCUT2D eigenvalue weighted by Gasteiger charge is 2.26. The first-order valence-electron chi connectivity index (χ1n) is 11.5. The first kappa shape index (κ1) is 22.8. The van der Waals surface area contributed by atoms with Crippen LogP contribution < -0.4 is 4.74 Å². The molecule has 0 atom stereocenters. The third kappa shape index (κ3) is 4.80. The van der Waals surface area contributed by atoms with Crippen LogP contribution >= 0.6 is 22.9 Å². The van der Waals surface area contributed by atoms with Crippen molar-refractivity contribution in [1.29, 1.82) is 0 Å². The van der Waals surface area contributed by atoms with Gasteiger partial charge in [-0.1, -0.05) is 54.1 Å². The number of halogens is 1. The van der Waals surface area contributed by atoms with Gasteiger partial charge in [0.15, 0.2) is 0 Å². The van der Waals surface area contributed by atoms with Gasteiger partial charge in [0.05, 0.1) is 24.4 Å². The first-order chi connectivity index (χ1) is 16.6. The molecule has 0 bridgehead atoms. The Hall–Kier alpha value is -2.93.